The van der Waals surface area contributed by atoms with Gasteiger partial charge >= 0.3 is 5.97 Å². The summed E-state index contributed by atoms with van der Waals surface area (Å²) in [6, 6.07) is 3.42. The number of aromatic nitrogens is 1. The van der Waals surface area contributed by atoms with Crippen molar-refractivity contribution in [3.8, 4) is 0 Å². The fourth-order valence-corrected chi connectivity index (χ4v) is 4.96. The van der Waals surface area contributed by atoms with Gasteiger partial charge in [0.15, 0.2) is 11.7 Å². The molecule has 0 saturated carbocycles. The Hall–Kier alpha value is -2.56. The van der Waals surface area contributed by atoms with Crippen molar-refractivity contribution in [2.45, 2.75) is 6.04 Å². The lowest BCUT2D eigenvalue weighted by Crippen LogP contribution is -2.42. The number of nitrogens with one attached hydrogen (secondary N) is 1. The Kier molecular flexibility index (Phi) is 7.26. The van der Waals surface area contributed by atoms with Crippen LogP contribution in [-0.2, 0) is 9.53 Å². The Morgan fingerprint density at radius 1 is 1.24 bits per heavy atom. The third-order valence-corrected chi connectivity index (χ3v) is 6.58. The molecule has 33 heavy (non-hydrogen) atoms. The van der Waals surface area contributed by atoms with Crippen LogP contribution in [0.4, 0.5) is 13.2 Å². The smallest absolute Gasteiger partial charge is 0.338 e. The van der Waals surface area contributed by atoms with Crippen molar-refractivity contribution < 1.29 is 22.7 Å². The van der Waals surface area contributed by atoms with E-state index in [0.717, 1.165) is 36.9 Å². The molecule has 1 aromatic heterocycles. The van der Waals surface area contributed by atoms with E-state index < -0.39 is 29.5 Å². The largest absolute Gasteiger partial charge is 0.466 e. The number of methoxy groups -OCH3 is 1. The normalized spacial score (nSPS) is 19.2. The number of esters is 1. The van der Waals surface area contributed by atoms with E-state index in [9.17, 15) is 18.0 Å². The Labute approximate surface area is 197 Å². The summed E-state index contributed by atoms with van der Waals surface area (Å²) in [5.41, 5.74) is 0.743. The average Bonchev–Trinajstić information content (AvgIpc) is 2.79. The van der Waals surface area contributed by atoms with Crippen molar-refractivity contribution in [1.29, 1.82) is 0 Å². The van der Waals surface area contributed by atoms with Gasteiger partial charge in [0.25, 0.3) is 0 Å². The van der Waals surface area contributed by atoms with Gasteiger partial charge in [0, 0.05) is 53.5 Å². The summed E-state index contributed by atoms with van der Waals surface area (Å²) < 4.78 is 46.8. The number of aliphatic imine (C=N–C) groups is 1. The molecule has 2 aromatic rings. The van der Waals surface area contributed by atoms with Crippen LogP contribution < -0.4 is 5.32 Å². The van der Waals surface area contributed by atoms with Gasteiger partial charge in [0.05, 0.1) is 18.9 Å². The molecular formula is C22H20ClF3N4O2S. The SMILES string of the molecule is COC(=O)C1=C(CN2CCSCC2)NC(c2ncc(F)cc2F)=NC1c1ccc(F)cc1Cl. The molecule has 11 heteroatoms. The number of thioether (sulfide) groups is 1. The highest BCUT2D eigenvalue weighted by atomic mass is 35.5. The lowest BCUT2D eigenvalue weighted by Gasteiger charge is -2.32. The molecule has 1 N–H and O–H groups in total. The van der Waals surface area contributed by atoms with Crippen LogP contribution in [0.3, 0.4) is 0 Å². The van der Waals surface area contributed by atoms with Crippen molar-refractivity contribution in [3.05, 3.63) is 75.5 Å². The minimum atomic E-state index is -1.01. The number of ether oxygens (including phenoxy) is 1. The molecule has 0 amide bonds. The predicted octanol–water partition coefficient (Wildman–Crippen LogP) is 3.72. The van der Waals surface area contributed by atoms with Crippen LogP contribution in [0.25, 0.3) is 0 Å². The Bertz CT molecular complexity index is 1140. The van der Waals surface area contributed by atoms with Crippen LogP contribution >= 0.6 is 23.4 Å². The highest BCUT2D eigenvalue weighted by Crippen LogP contribution is 2.36. The van der Waals surface area contributed by atoms with Crippen LogP contribution in [0.2, 0.25) is 5.02 Å². The summed E-state index contributed by atoms with van der Waals surface area (Å²) in [6.07, 6.45) is 0.879. The summed E-state index contributed by atoms with van der Waals surface area (Å²) in [5.74, 6) is -1.07. The third kappa shape index (κ3) is 5.18. The van der Waals surface area contributed by atoms with Gasteiger partial charge in [-0.25, -0.2) is 22.9 Å². The molecule has 2 aliphatic heterocycles. The minimum absolute atomic E-state index is 0.00642. The molecule has 0 aliphatic carbocycles. The molecule has 0 radical (unpaired) electrons. The van der Waals surface area contributed by atoms with E-state index in [1.165, 1.54) is 19.2 Å². The first-order valence-corrected chi connectivity index (χ1v) is 11.6. The Morgan fingerprint density at radius 3 is 2.67 bits per heavy atom. The van der Waals surface area contributed by atoms with Gasteiger partial charge in [0.2, 0.25) is 0 Å². The van der Waals surface area contributed by atoms with Crippen molar-refractivity contribution in [3.63, 3.8) is 0 Å². The quantitative estimate of drug-likeness (QED) is 0.636. The topological polar surface area (TPSA) is 66.8 Å². The van der Waals surface area contributed by atoms with Gasteiger partial charge in [-0.05, 0) is 12.1 Å². The van der Waals surface area contributed by atoms with Crippen LogP contribution in [0, 0.1) is 17.5 Å². The number of pyridine rings is 1. The van der Waals surface area contributed by atoms with Crippen LogP contribution in [0.5, 0.6) is 0 Å². The van der Waals surface area contributed by atoms with E-state index in [1.807, 2.05) is 11.8 Å². The average molecular weight is 497 g/mol. The third-order valence-electron chi connectivity index (χ3n) is 5.31. The predicted molar refractivity (Wildman–Crippen MR) is 121 cm³/mol. The highest BCUT2D eigenvalue weighted by molar-refractivity contribution is 7.99. The molecule has 3 heterocycles. The summed E-state index contributed by atoms with van der Waals surface area (Å²) in [4.78, 5) is 23.3. The second kappa shape index (κ2) is 10.1. The van der Waals surface area contributed by atoms with E-state index in [1.54, 1.807) is 0 Å². The van der Waals surface area contributed by atoms with Gasteiger partial charge < -0.3 is 10.1 Å². The van der Waals surface area contributed by atoms with Crippen LogP contribution in [0.15, 0.2) is 46.7 Å². The number of carbonyl (C=O) groups excluding carboxylic acids is 1. The Balaban J connectivity index is 1.85. The molecule has 1 aromatic carbocycles. The number of hydrogen-bond donors (Lipinski definition) is 1. The maximum absolute atomic E-state index is 14.6. The lowest BCUT2D eigenvalue weighted by molar-refractivity contribution is -0.136. The zero-order chi connectivity index (χ0) is 23.5. The Morgan fingerprint density at radius 2 is 2.00 bits per heavy atom. The molecule has 1 saturated heterocycles. The number of amidine groups is 1. The number of hydrogen-bond acceptors (Lipinski definition) is 7. The molecule has 6 nitrogen and oxygen atoms in total. The van der Waals surface area contributed by atoms with E-state index in [2.05, 4.69) is 20.2 Å². The summed E-state index contributed by atoms with van der Waals surface area (Å²) in [5, 5.41) is 3.06. The molecule has 0 bridgehead atoms. The van der Waals surface area contributed by atoms with E-state index >= 15 is 0 Å². The fourth-order valence-electron chi connectivity index (χ4n) is 3.71. The molecule has 1 unspecified atom stereocenters. The molecule has 1 atom stereocenters. The molecular weight excluding hydrogens is 477 g/mol. The van der Waals surface area contributed by atoms with Crippen LogP contribution in [0.1, 0.15) is 17.3 Å². The lowest BCUT2D eigenvalue weighted by atomic mass is 9.95. The summed E-state index contributed by atoms with van der Waals surface area (Å²) in [7, 11) is 1.24. The number of rotatable bonds is 5. The molecule has 0 spiro atoms. The van der Waals surface area contributed by atoms with Crippen molar-refractivity contribution in [1.82, 2.24) is 15.2 Å². The summed E-state index contributed by atoms with van der Waals surface area (Å²) in [6.45, 7) is 1.92. The standard InChI is InChI=1S/C22H20ClF3N4O2S/c1-32-22(31)18-17(11-30-4-6-33-7-5-30)28-21(20-16(26)9-13(25)10-27-20)29-19(18)14-3-2-12(24)8-15(14)23/h2-3,8-10,19H,4-7,11H2,1H3,(H,28,29). The highest BCUT2D eigenvalue weighted by Gasteiger charge is 2.35. The maximum Gasteiger partial charge on any atom is 0.338 e. The van der Waals surface area contributed by atoms with Crippen LogP contribution in [-0.4, -0.2) is 59.9 Å². The zero-order valence-electron chi connectivity index (χ0n) is 17.6. The van der Waals surface area contributed by atoms with Crippen molar-refractivity contribution in [2.24, 2.45) is 4.99 Å². The van der Waals surface area contributed by atoms with Gasteiger partial charge in [-0.1, -0.05) is 17.7 Å². The van der Waals surface area contributed by atoms with E-state index in [0.29, 0.717) is 23.9 Å². The van der Waals surface area contributed by atoms with Gasteiger partial charge in [-0.15, -0.1) is 0 Å². The number of halogens is 4. The monoisotopic (exact) mass is 496 g/mol. The van der Waals surface area contributed by atoms with Crippen molar-refractivity contribution >= 4 is 35.2 Å². The number of carbonyl (C=O) groups is 1. The fraction of sp³-hybridized carbons (Fsp3) is 0.318. The second-order valence-corrected chi connectivity index (χ2v) is 9.06. The number of benzene rings is 1. The first kappa shape index (κ1) is 23.6. The maximum atomic E-state index is 14.6. The van der Waals surface area contributed by atoms with E-state index in [-0.39, 0.29) is 22.1 Å². The zero-order valence-corrected chi connectivity index (χ0v) is 19.2. The first-order valence-electron chi connectivity index (χ1n) is 10.1. The first-order chi connectivity index (χ1) is 15.9. The van der Waals surface area contributed by atoms with Gasteiger partial charge in [-0.2, -0.15) is 11.8 Å². The van der Waals surface area contributed by atoms with Gasteiger partial charge in [-0.3, -0.25) is 9.89 Å². The van der Waals surface area contributed by atoms with E-state index in [4.69, 9.17) is 16.3 Å². The molecule has 2 aliphatic rings. The second-order valence-electron chi connectivity index (χ2n) is 7.43. The number of nitrogens with zero attached hydrogens (tertiary/aromatic N) is 3. The van der Waals surface area contributed by atoms with Crippen molar-refractivity contribution in [2.75, 3.05) is 38.2 Å². The van der Waals surface area contributed by atoms with Gasteiger partial charge in [0.1, 0.15) is 23.4 Å². The minimum Gasteiger partial charge on any atom is -0.466 e. The molecule has 4 rings (SSSR count). The molecule has 174 valence electrons. The molecule has 1 fully saturated rings. The summed E-state index contributed by atoms with van der Waals surface area (Å²) >= 11 is 8.14.